The van der Waals surface area contributed by atoms with Crippen molar-refractivity contribution in [3.05, 3.63) is 46.9 Å². The Morgan fingerprint density at radius 2 is 2.07 bits per heavy atom. The first-order valence-electron chi connectivity index (χ1n) is 8.32. The van der Waals surface area contributed by atoms with Crippen molar-refractivity contribution in [3.63, 3.8) is 0 Å². The van der Waals surface area contributed by atoms with Crippen LogP contribution in [0.3, 0.4) is 0 Å². The molecule has 1 N–H and O–H groups in total. The highest BCUT2D eigenvalue weighted by Crippen LogP contribution is 2.29. The van der Waals surface area contributed by atoms with Crippen LogP contribution in [-0.2, 0) is 17.4 Å². The lowest BCUT2D eigenvalue weighted by atomic mass is 10.0. The summed E-state index contributed by atoms with van der Waals surface area (Å²) >= 11 is 6.01. The van der Waals surface area contributed by atoms with Crippen LogP contribution < -0.4 is 5.32 Å². The first kappa shape index (κ1) is 19.7. The van der Waals surface area contributed by atoms with Crippen LogP contribution >= 0.6 is 11.6 Å². The van der Waals surface area contributed by atoms with E-state index in [4.69, 9.17) is 11.6 Å². The summed E-state index contributed by atoms with van der Waals surface area (Å²) in [6.45, 7) is 0.183. The number of pyridine rings is 2. The zero-order valence-corrected chi connectivity index (χ0v) is 14.8. The average molecular weight is 402 g/mol. The van der Waals surface area contributed by atoms with Gasteiger partial charge in [-0.25, -0.2) is 9.37 Å². The number of carbonyl (C=O) groups is 1. The summed E-state index contributed by atoms with van der Waals surface area (Å²) in [5.74, 6) is -0.0826. The molecule has 0 aromatic carbocycles. The monoisotopic (exact) mass is 401 g/mol. The van der Waals surface area contributed by atoms with Gasteiger partial charge in [0, 0.05) is 31.1 Å². The number of halogens is 5. The first-order chi connectivity index (χ1) is 12.7. The summed E-state index contributed by atoms with van der Waals surface area (Å²) < 4.78 is 51.0. The van der Waals surface area contributed by atoms with Gasteiger partial charge in [0.2, 0.25) is 0 Å². The Labute approximate surface area is 158 Å². The topological polar surface area (TPSA) is 54.9 Å². The number of alkyl halides is 4. The summed E-state index contributed by atoms with van der Waals surface area (Å²) in [4.78, 5) is 19.7. The van der Waals surface area contributed by atoms with E-state index in [1.807, 2.05) is 0 Å². The normalized spacial score (nSPS) is 20.0. The Hall–Kier alpha value is -2.06. The highest BCUT2D eigenvalue weighted by Gasteiger charge is 2.32. The average Bonchev–Trinajstić information content (AvgIpc) is 3.05. The van der Waals surface area contributed by atoms with Crippen LogP contribution in [0.1, 0.15) is 24.1 Å². The third-order valence-electron chi connectivity index (χ3n) is 4.33. The minimum atomic E-state index is -4.52. The van der Waals surface area contributed by atoms with Gasteiger partial charge in [-0.2, -0.15) is 13.2 Å². The van der Waals surface area contributed by atoms with E-state index in [1.165, 1.54) is 6.07 Å². The van der Waals surface area contributed by atoms with Crippen molar-refractivity contribution in [2.45, 2.75) is 37.7 Å². The minimum absolute atomic E-state index is 0.0826. The number of nitrogens with zero attached hydrogens (tertiary/aromatic N) is 2. The highest BCUT2D eigenvalue weighted by atomic mass is 35.5. The van der Waals surface area contributed by atoms with E-state index < -0.39 is 24.1 Å². The van der Waals surface area contributed by atoms with Crippen molar-refractivity contribution >= 4 is 17.4 Å². The standard InChI is InChI=1S/C18H16ClF4N3O/c19-17-6-10(1-3-15(27)14-7-12(20)9-24-14)5-13(26-17)11-2-4-16(25-8-11)18(21,22)23/h2,4-6,8,12,14,24H,1,3,7,9H2/t12-,14+/m1/s1. The number of rotatable bonds is 5. The molecule has 0 aliphatic carbocycles. The van der Waals surface area contributed by atoms with Crippen molar-refractivity contribution in [2.24, 2.45) is 0 Å². The first-order valence-corrected chi connectivity index (χ1v) is 8.70. The van der Waals surface area contributed by atoms with E-state index in [9.17, 15) is 22.4 Å². The van der Waals surface area contributed by atoms with Crippen molar-refractivity contribution < 1.29 is 22.4 Å². The van der Waals surface area contributed by atoms with Crippen LogP contribution in [0.5, 0.6) is 0 Å². The molecule has 1 aliphatic rings. The molecule has 0 radical (unpaired) electrons. The highest BCUT2D eigenvalue weighted by molar-refractivity contribution is 6.29. The second kappa shape index (κ2) is 7.90. The number of ketones is 1. The fraction of sp³-hybridized carbons (Fsp3) is 0.389. The zero-order chi connectivity index (χ0) is 19.6. The summed E-state index contributed by atoms with van der Waals surface area (Å²) in [5.41, 5.74) is 0.479. The van der Waals surface area contributed by atoms with Gasteiger partial charge in [-0.3, -0.25) is 9.78 Å². The number of aromatic nitrogens is 2. The lowest BCUT2D eigenvalue weighted by molar-refractivity contribution is -0.141. The Kier molecular flexibility index (Phi) is 5.76. The molecule has 0 spiro atoms. The molecule has 2 aromatic rings. The molecule has 9 heteroatoms. The molecule has 27 heavy (non-hydrogen) atoms. The molecular weight excluding hydrogens is 386 g/mol. The summed E-state index contributed by atoms with van der Waals surface area (Å²) in [7, 11) is 0. The van der Waals surface area contributed by atoms with Gasteiger partial charge in [0.1, 0.15) is 22.8 Å². The van der Waals surface area contributed by atoms with Crippen LogP contribution in [-0.4, -0.2) is 34.5 Å². The summed E-state index contributed by atoms with van der Waals surface area (Å²) in [6, 6.07) is 4.92. The molecule has 1 saturated heterocycles. The van der Waals surface area contributed by atoms with Crippen LogP contribution in [0.2, 0.25) is 5.15 Å². The smallest absolute Gasteiger partial charge is 0.304 e. The maximum atomic E-state index is 13.2. The minimum Gasteiger partial charge on any atom is -0.304 e. The fourth-order valence-electron chi connectivity index (χ4n) is 2.93. The van der Waals surface area contributed by atoms with Gasteiger partial charge in [0.25, 0.3) is 0 Å². The molecule has 144 valence electrons. The Morgan fingerprint density at radius 3 is 2.67 bits per heavy atom. The van der Waals surface area contributed by atoms with Gasteiger partial charge in [-0.1, -0.05) is 11.6 Å². The molecule has 2 atom stereocenters. The van der Waals surface area contributed by atoms with Crippen molar-refractivity contribution in [1.29, 1.82) is 0 Å². The predicted octanol–water partition coefficient (Wildman–Crippen LogP) is 4.02. The van der Waals surface area contributed by atoms with E-state index in [0.717, 1.165) is 12.3 Å². The molecule has 0 bridgehead atoms. The fourth-order valence-corrected chi connectivity index (χ4v) is 3.17. The number of carbonyl (C=O) groups excluding carboxylic acids is 1. The predicted molar refractivity (Wildman–Crippen MR) is 92.1 cm³/mol. The summed E-state index contributed by atoms with van der Waals surface area (Å²) in [5, 5.41) is 3.01. The number of hydrogen-bond acceptors (Lipinski definition) is 4. The molecule has 3 rings (SSSR count). The van der Waals surface area contributed by atoms with Gasteiger partial charge >= 0.3 is 6.18 Å². The lowest BCUT2D eigenvalue weighted by Gasteiger charge is -2.10. The number of Topliss-reactive ketones (excluding diaryl/α,β-unsaturated/α-hetero) is 1. The second-order valence-corrected chi connectivity index (χ2v) is 6.76. The van der Waals surface area contributed by atoms with Gasteiger partial charge in [-0.05, 0) is 36.2 Å². The van der Waals surface area contributed by atoms with Gasteiger partial charge in [0.05, 0.1) is 11.7 Å². The summed E-state index contributed by atoms with van der Waals surface area (Å²) in [6.07, 6.45) is -3.68. The van der Waals surface area contributed by atoms with E-state index in [0.29, 0.717) is 23.2 Å². The SMILES string of the molecule is O=C(CCc1cc(Cl)nc(-c2ccc(C(F)(F)F)nc2)c1)[C@@H]1C[C@@H](F)CN1. The van der Waals surface area contributed by atoms with Crippen LogP contribution in [0, 0.1) is 0 Å². The van der Waals surface area contributed by atoms with Crippen molar-refractivity contribution in [1.82, 2.24) is 15.3 Å². The van der Waals surface area contributed by atoms with Crippen LogP contribution in [0.4, 0.5) is 17.6 Å². The quantitative estimate of drug-likeness (QED) is 0.607. The maximum Gasteiger partial charge on any atom is 0.433 e. The molecule has 1 aliphatic heterocycles. The Morgan fingerprint density at radius 1 is 1.30 bits per heavy atom. The zero-order valence-electron chi connectivity index (χ0n) is 14.1. The molecule has 1 fully saturated rings. The van der Waals surface area contributed by atoms with Crippen LogP contribution in [0.25, 0.3) is 11.3 Å². The van der Waals surface area contributed by atoms with Gasteiger partial charge in [-0.15, -0.1) is 0 Å². The molecule has 3 heterocycles. The molecule has 0 unspecified atom stereocenters. The number of aryl methyl sites for hydroxylation is 1. The Bertz CT molecular complexity index is 826. The number of nitrogens with one attached hydrogen (secondary N) is 1. The Balaban J connectivity index is 1.71. The van der Waals surface area contributed by atoms with Crippen LogP contribution in [0.15, 0.2) is 30.5 Å². The van der Waals surface area contributed by atoms with Gasteiger partial charge < -0.3 is 5.32 Å². The molecule has 2 aromatic heterocycles. The molecule has 0 saturated carbocycles. The van der Waals surface area contributed by atoms with E-state index in [-0.39, 0.29) is 30.3 Å². The van der Waals surface area contributed by atoms with E-state index in [1.54, 1.807) is 12.1 Å². The molecule has 0 amide bonds. The second-order valence-electron chi connectivity index (χ2n) is 6.37. The largest absolute Gasteiger partial charge is 0.433 e. The molecular formula is C18H16ClF4N3O. The van der Waals surface area contributed by atoms with Gasteiger partial charge in [0.15, 0.2) is 0 Å². The molecule has 4 nitrogen and oxygen atoms in total. The lowest BCUT2D eigenvalue weighted by Crippen LogP contribution is -2.30. The van der Waals surface area contributed by atoms with Crippen molar-refractivity contribution in [2.75, 3.05) is 6.54 Å². The number of hydrogen-bond donors (Lipinski definition) is 1. The maximum absolute atomic E-state index is 13.2. The van der Waals surface area contributed by atoms with E-state index in [2.05, 4.69) is 15.3 Å². The van der Waals surface area contributed by atoms with Crippen molar-refractivity contribution in [3.8, 4) is 11.3 Å². The third-order valence-corrected chi connectivity index (χ3v) is 4.52. The van der Waals surface area contributed by atoms with E-state index >= 15 is 0 Å². The third kappa shape index (κ3) is 5.01.